The van der Waals surface area contributed by atoms with E-state index in [1.54, 1.807) is 0 Å². The van der Waals surface area contributed by atoms with Crippen LogP contribution in [0.25, 0.3) is 33.7 Å². The van der Waals surface area contributed by atoms with Crippen LogP contribution >= 0.6 is 0 Å². The summed E-state index contributed by atoms with van der Waals surface area (Å²) in [5, 5.41) is 5.00. The third kappa shape index (κ3) is 7.40. The Hall–Kier alpha value is -7.16. The quantitative estimate of drug-likeness (QED) is 0.151. The van der Waals surface area contributed by atoms with Crippen LogP contribution in [0.3, 0.4) is 0 Å². The molecule has 2 nitrogen and oxygen atoms in total. The minimum Gasteiger partial charge on any atom is -0.311 e. The van der Waals surface area contributed by atoms with Gasteiger partial charge in [0.25, 0.3) is 0 Å². The highest BCUT2D eigenvalue weighted by molar-refractivity contribution is 5.90. The van der Waals surface area contributed by atoms with Gasteiger partial charge in [-0.1, -0.05) is 146 Å². The molecule has 0 aromatic heterocycles. The largest absolute Gasteiger partial charge is 0.311 e. The molecule has 0 radical (unpaired) electrons. The molecule has 2 heteroatoms. The topological polar surface area (TPSA) is 6.48 Å². The van der Waals surface area contributed by atoms with Crippen LogP contribution < -0.4 is 9.80 Å². The smallest absolute Gasteiger partial charge is 0.0468 e. The van der Waals surface area contributed by atoms with Crippen LogP contribution in [0.4, 0.5) is 28.4 Å². The van der Waals surface area contributed by atoms with Gasteiger partial charge in [0, 0.05) is 40.1 Å². The lowest BCUT2D eigenvalue weighted by Gasteiger charge is -2.28. The molecule has 4 aliphatic rings. The van der Waals surface area contributed by atoms with Gasteiger partial charge in [-0.05, 0) is 166 Å². The van der Waals surface area contributed by atoms with Crippen molar-refractivity contribution in [3.05, 3.63) is 245 Å². The molecule has 0 aliphatic heterocycles. The molecule has 0 saturated carbocycles. The van der Waals surface area contributed by atoms with Crippen LogP contribution in [-0.2, 0) is 12.8 Å². The van der Waals surface area contributed by atoms with E-state index in [-0.39, 0.29) is 0 Å². The molecule has 1 unspecified atom stereocenters. The maximum absolute atomic E-state index is 2.43. The van der Waals surface area contributed by atoms with E-state index in [4.69, 9.17) is 0 Å². The van der Waals surface area contributed by atoms with Gasteiger partial charge in [-0.15, -0.1) is 0 Å². The van der Waals surface area contributed by atoms with Crippen LogP contribution in [-0.4, -0.2) is 0 Å². The summed E-state index contributed by atoms with van der Waals surface area (Å²) in [5.74, 6) is 0.327. The Bertz CT molecular complexity index is 3040. The van der Waals surface area contributed by atoms with Gasteiger partial charge in [0.15, 0.2) is 0 Å². The fraction of sp³-hybridized carbons (Fsp3) is 0.119. The zero-order valence-electron chi connectivity index (χ0n) is 34.4. The summed E-state index contributed by atoms with van der Waals surface area (Å²) in [7, 11) is 0. The Morgan fingerprint density at radius 2 is 1.02 bits per heavy atom. The van der Waals surface area contributed by atoms with Gasteiger partial charge in [-0.25, -0.2) is 0 Å². The molecule has 0 heterocycles. The highest BCUT2D eigenvalue weighted by Gasteiger charge is 2.20. The number of hydrogen-bond donors (Lipinski definition) is 0. The number of allylic oxidation sites excluding steroid dienone is 11. The van der Waals surface area contributed by atoms with Gasteiger partial charge in [0.1, 0.15) is 0 Å². The first kappa shape index (κ1) is 36.9. The number of fused-ring (bicyclic) bond motifs is 4. The van der Waals surface area contributed by atoms with E-state index < -0.39 is 0 Å². The number of benzene rings is 7. The third-order valence-corrected chi connectivity index (χ3v) is 12.9. The first-order valence-corrected chi connectivity index (χ1v) is 21.9. The summed E-state index contributed by atoms with van der Waals surface area (Å²) in [6.45, 7) is 0. The predicted octanol–water partition coefficient (Wildman–Crippen LogP) is 16.0. The van der Waals surface area contributed by atoms with Gasteiger partial charge < -0.3 is 9.80 Å². The van der Waals surface area contributed by atoms with Crippen LogP contribution in [0.5, 0.6) is 0 Å². The molecule has 1 atom stereocenters. The molecular weight excluding hydrogens is 737 g/mol. The van der Waals surface area contributed by atoms with Crippen molar-refractivity contribution in [2.75, 3.05) is 9.80 Å². The molecule has 0 saturated heterocycles. The van der Waals surface area contributed by atoms with Crippen molar-refractivity contribution in [3.8, 4) is 0 Å². The first-order chi connectivity index (χ1) is 30.2. The lowest BCUT2D eigenvalue weighted by atomic mass is 9.87. The van der Waals surface area contributed by atoms with E-state index in [9.17, 15) is 0 Å². The molecule has 4 aliphatic carbocycles. The summed E-state index contributed by atoms with van der Waals surface area (Å²) in [6.07, 6.45) is 31.9. The van der Waals surface area contributed by atoms with E-state index in [2.05, 4.69) is 222 Å². The summed E-state index contributed by atoms with van der Waals surface area (Å²) < 4.78 is 0. The summed E-state index contributed by atoms with van der Waals surface area (Å²) in [5.41, 5.74) is 16.5. The summed E-state index contributed by atoms with van der Waals surface area (Å²) >= 11 is 0. The second-order valence-electron chi connectivity index (χ2n) is 16.7. The van der Waals surface area contributed by atoms with Crippen molar-refractivity contribution < 1.29 is 0 Å². The van der Waals surface area contributed by atoms with Crippen molar-refractivity contribution in [3.63, 3.8) is 0 Å². The summed E-state index contributed by atoms with van der Waals surface area (Å²) in [4.78, 5) is 4.85. The highest BCUT2D eigenvalue weighted by atomic mass is 15.1. The first-order valence-electron chi connectivity index (χ1n) is 21.9. The molecule has 7 aromatic rings. The average molecular weight is 785 g/mol. The highest BCUT2D eigenvalue weighted by Crippen LogP contribution is 2.41. The molecule has 7 aromatic carbocycles. The second kappa shape index (κ2) is 16.1. The van der Waals surface area contributed by atoms with Crippen molar-refractivity contribution >= 4 is 62.1 Å². The van der Waals surface area contributed by atoms with E-state index in [0.29, 0.717) is 5.92 Å². The van der Waals surface area contributed by atoms with Crippen LogP contribution in [0.2, 0.25) is 0 Å². The minimum absolute atomic E-state index is 0.327. The number of nitrogens with zero attached hydrogens (tertiary/aromatic N) is 2. The Morgan fingerprint density at radius 3 is 1.75 bits per heavy atom. The van der Waals surface area contributed by atoms with E-state index in [1.165, 1.54) is 94.6 Å². The normalized spacial score (nSPS) is 16.7. The van der Waals surface area contributed by atoms with Crippen molar-refractivity contribution in [1.82, 2.24) is 0 Å². The summed E-state index contributed by atoms with van der Waals surface area (Å²) in [6, 6.07) is 54.1. The maximum atomic E-state index is 2.43. The van der Waals surface area contributed by atoms with Gasteiger partial charge in [0.2, 0.25) is 0 Å². The maximum Gasteiger partial charge on any atom is 0.0468 e. The zero-order valence-corrected chi connectivity index (χ0v) is 34.4. The van der Waals surface area contributed by atoms with E-state index in [1.807, 2.05) is 0 Å². The van der Waals surface area contributed by atoms with Gasteiger partial charge in [-0.3, -0.25) is 0 Å². The lowest BCUT2D eigenvalue weighted by Crippen LogP contribution is -2.15. The van der Waals surface area contributed by atoms with E-state index >= 15 is 0 Å². The number of anilines is 5. The SMILES string of the molecule is C1=Cc2cc(N(C3=CCC=C(C4=CCC(c5ccc(N(c6ccc7c(c6)CCC=C7)c6ccc7ccccc7c6)cc5)C=C4)C=C3)c3ccc4ccccc4c3)ccc2CC1. The van der Waals surface area contributed by atoms with Crippen molar-refractivity contribution in [2.45, 2.75) is 44.4 Å². The van der Waals surface area contributed by atoms with Crippen LogP contribution in [0.15, 0.2) is 217 Å². The number of aryl methyl sites for hydroxylation is 2. The Balaban J connectivity index is 0.842. The van der Waals surface area contributed by atoms with Crippen LogP contribution in [0, 0.1) is 0 Å². The van der Waals surface area contributed by atoms with Gasteiger partial charge in [-0.2, -0.15) is 0 Å². The van der Waals surface area contributed by atoms with E-state index in [0.717, 1.165) is 38.5 Å². The Labute approximate surface area is 359 Å². The molecule has 11 rings (SSSR count). The van der Waals surface area contributed by atoms with Crippen LogP contribution in [0.1, 0.15) is 59.4 Å². The molecule has 294 valence electrons. The molecule has 0 bridgehead atoms. The second-order valence-corrected chi connectivity index (χ2v) is 16.7. The average Bonchev–Trinajstić information content (AvgIpc) is 3.58. The lowest BCUT2D eigenvalue weighted by molar-refractivity contribution is 0.847. The fourth-order valence-corrected chi connectivity index (χ4v) is 9.59. The third-order valence-electron chi connectivity index (χ3n) is 12.9. The Morgan fingerprint density at radius 1 is 0.410 bits per heavy atom. The molecular formula is C59H48N2. The monoisotopic (exact) mass is 784 g/mol. The fourth-order valence-electron chi connectivity index (χ4n) is 9.59. The van der Waals surface area contributed by atoms with Gasteiger partial charge >= 0.3 is 0 Å². The molecule has 0 N–H and O–H groups in total. The van der Waals surface area contributed by atoms with Crippen molar-refractivity contribution in [1.29, 1.82) is 0 Å². The number of hydrogen-bond acceptors (Lipinski definition) is 2. The Kier molecular flexibility index (Phi) is 9.75. The number of rotatable bonds is 8. The molecule has 0 spiro atoms. The molecule has 61 heavy (non-hydrogen) atoms. The molecule has 0 amide bonds. The van der Waals surface area contributed by atoms with Crippen molar-refractivity contribution in [2.24, 2.45) is 0 Å². The predicted molar refractivity (Wildman–Crippen MR) is 260 cm³/mol. The minimum atomic E-state index is 0.327. The zero-order chi connectivity index (χ0) is 40.5. The van der Waals surface area contributed by atoms with Gasteiger partial charge in [0.05, 0.1) is 0 Å². The standard InChI is InChI=1S/C59H48N2/c1-5-14-50-38-56(34-27-43(50)10-1)60(57-35-28-44-11-2-6-15-51(44)39-57)54-19-9-18-42(24-31-54)47-20-22-48(23-21-47)49-25-32-55(33-26-49)61(58-36-29-45-12-3-7-16-52(45)40-58)59-37-30-46-13-4-8-17-53(46)41-59/h1,3-7,10,12-16,18-22,24-41,48H,2,8-9,11,17,23H2. The molecule has 0 fully saturated rings.